The minimum absolute atomic E-state index is 0.208. The molecule has 2 rings (SSSR count). The number of nitrogens with one attached hydrogen (secondary N) is 2. The van der Waals surface area contributed by atoms with Crippen LogP contribution in [0.4, 0.5) is 5.82 Å². The maximum absolute atomic E-state index is 12.0. The average molecular weight is 275 g/mol. The van der Waals surface area contributed by atoms with E-state index in [1.165, 1.54) is 12.4 Å². The first-order chi connectivity index (χ1) is 9.52. The molecule has 106 valence electrons. The van der Waals surface area contributed by atoms with Crippen LogP contribution in [0, 0.1) is 13.8 Å². The van der Waals surface area contributed by atoms with Gasteiger partial charge in [0.2, 0.25) is 0 Å². The van der Waals surface area contributed by atoms with Gasteiger partial charge in [-0.3, -0.25) is 14.5 Å². The van der Waals surface area contributed by atoms with E-state index in [2.05, 4.69) is 25.8 Å². The summed E-state index contributed by atoms with van der Waals surface area (Å²) in [4.78, 5) is 19.9. The van der Waals surface area contributed by atoms with Crippen molar-refractivity contribution in [2.45, 2.75) is 20.4 Å². The largest absolute Gasteiger partial charge is 0.346 e. The minimum atomic E-state index is -0.308. The van der Waals surface area contributed by atoms with E-state index in [0.29, 0.717) is 12.4 Å². The van der Waals surface area contributed by atoms with E-state index in [-0.39, 0.29) is 11.6 Å². The zero-order valence-electron chi connectivity index (χ0n) is 11.6. The summed E-state index contributed by atoms with van der Waals surface area (Å²) in [6.07, 6.45) is 2.82. The summed E-state index contributed by atoms with van der Waals surface area (Å²) in [5, 5.41) is 7.10. The van der Waals surface area contributed by atoms with Gasteiger partial charge in [-0.1, -0.05) is 0 Å². The number of hydrogen-bond acceptors (Lipinski definition) is 6. The first-order valence-corrected chi connectivity index (χ1v) is 6.09. The Bertz CT molecular complexity index is 635. The van der Waals surface area contributed by atoms with E-state index in [4.69, 9.17) is 5.84 Å². The lowest BCUT2D eigenvalue weighted by Gasteiger charge is -2.06. The number of hydrogen-bond donors (Lipinski definition) is 3. The number of carbonyl (C=O) groups is 1. The van der Waals surface area contributed by atoms with Crippen LogP contribution in [0.3, 0.4) is 0 Å². The molecule has 0 spiro atoms. The van der Waals surface area contributed by atoms with E-state index >= 15 is 0 Å². The Balaban J connectivity index is 2.08. The fourth-order valence-corrected chi connectivity index (χ4v) is 1.88. The van der Waals surface area contributed by atoms with E-state index in [0.717, 1.165) is 17.0 Å². The molecule has 2 aromatic heterocycles. The van der Waals surface area contributed by atoms with Crippen LogP contribution >= 0.6 is 0 Å². The van der Waals surface area contributed by atoms with Crippen LogP contribution in [-0.2, 0) is 13.6 Å². The molecule has 2 heterocycles. The molecule has 0 atom stereocenters. The van der Waals surface area contributed by atoms with E-state index < -0.39 is 0 Å². The Morgan fingerprint density at radius 2 is 2.15 bits per heavy atom. The van der Waals surface area contributed by atoms with Gasteiger partial charge in [0.05, 0.1) is 18.1 Å². The maximum atomic E-state index is 12.0. The topological polar surface area (TPSA) is 111 Å². The molecule has 0 aliphatic rings. The number of aryl methyl sites for hydroxylation is 2. The van der Waals surface area contributed by atoms with Gasteiger partial charge in [0.15, 0.2) is 5.82 Å². The molecule has 0 radical (unpaired) electrons. The van der Waals surface area contributed by atoms with Crippen LogP contribution < -0.4 is 16.6 Å². The Morgan fingerprint density at radius 3 is 2.75 bits per heavy atom. The molecule has 0 saturated carbocycles. The molecule has 2 aromatic rings. The number of hydrazine groups is 1. The number of amides is 1. The van der Waals surface area contributed by atoms with Crippen LogP contribution in [0.25, 0.3) is 0 Å². The van der Waals surface area contributed by atoms with Crippen molar-refractivity contribution in [1.29, 1.82) is 0 Å². The zero-order valence-corrected chi connectivity index (χ0v) is 11.6. The number of aromatic nitrogens is 4. The highest BCUT2D eigenvalue weighted by molar-refractivity contribution is 5.92. The summed E-state index contributed by atoms with van der Waals surface area (Å²) in [6.45, 7) is 4.26. The lowest BCUT2D eigenvalue weighted by molar-refractivity contribution is 0.0945. The average Bonchev–Trinajstić information content (AvgIpc) is 2.70. The molecule has 8 nitrogen and oxygen atoms in total. The van der Waals surface area contributed by atoms with Gasteiger partial charge in [-0.15, -0.1) is 0 Å². The molecule has 0 aromatic carbocycles. The SMILES string of the molecule is Cc1nn(C)c(C)c1CNC(=O)c1cncc(NN)n1. The lowest BCUT2D eigenvalue weighted by atomic mass is 10.2. The summed E-state index contributed by atoms with van der Waals surface area (Å²) in [7, 11) is 1.87. The predicted octanol–water partition coefficient (Wildman–Crippen LogP) is 0.0425. The Labute approximate surface area is 116 Å². The smallest absolute Gasteiger partial charge is 0.271 e. The zero-order chi connectivity index (χ0) is 14.7. The first-order valence-electron chi connectivity index (χ1n) is 6.09. The molecular formula is C12H17N7O. The molecule has 20 heavy (non-hydrogen) atoms. The van der Waals surface area contributed by atoms with Crippen molar-refractivity contribution < 1.29 is 4.79 Å². The highest BCUT2D eigenvalue weighted by atomic mass is 16.1. The fraction of sp³-hybridized carbons (Fsp3) is 0.333. The van der Waals surface area contributed by atoms with Crippen molar-refractivity contribution in [3.63, 3.8) is 0 Å². The molecule has 0 bridgehead atoms. The number of anilines is 1. The standard InChI is InChI=1S/C12H17N7O/c1-7-9(8(2)19(3)18-7)4-15-12(20)10-5-14-6-11(16-10)17-13/h5-6H,4,13H2,1-3H3,(H,15,20)(H,16,17). The monoisotopic (exact) mass is 275 g/mol. The van der Waals surface area contributed by atoms with Crippen molar-refractivity contribution in [3.05, 3.63) is 35.0 Å². The quantitative estimate of drug-likeness (QED) is 0.537. The van der Waals surface area contributed by atoms with E-state index in [9.17, 15) is 4.79 Å². The minimum Gasteiger partial charge on any atom is -0.346 e. The molecule has 0 fully saturated rings. The maximum Gasteiger partial charge on any atom is 0.271 e. The Kier molecular flexibility index (Phi) is 3.94. The second-order valence-electron chi connectivity index (χ2n) is 4.39. The summed E-state index contributed by atoms with van der Waals surface area (Å²) >= 11 is 0. The van der Waals surface area contributed by atoms with Gasteiger partial charge in [0, 0.05) is 24.8 Å². The van der Waals surface area contributed by atoms with Gasteiger partial charge in [-0.2, -0.15) is 5.10 Å². The predicted molar refractivity (Wildman–Crippen MR) is 73.7 cm³/mol. The van der Waals surface area contributed by atoms with Crippen LogP contribution in [0.5, 0.6) is 0 Å². The van der Waals surface area contributed by atoms with Crippen LogP contribution in [-0.4, -0.2) is 25.7 Å². The third kappa shape index (κ3) is 2.75. The van der Waals surface area contributed by atoms with Crippen LogP contribution in [0.2, 0.25) is 0 Å². The molecule has 1 amide bonds. The van der Waals surface area contributed by atoms with Gasteiger partial charge in [-0.25, -0.2) is 10.8 Å². The lowest BCUT2D eigenvalue weighted by Crippen LogP contribution is -2.25. The summed E-state index contributed by atoms with van der Waals surface area (Å²) < 4.78 is 1.79. The van der Waals surface area contributed by atoms with Gasteiger partial charge >= 0.3 is 0 Å². The highest BCUT2D eigenvalue weighted by Crippen LogP contribution is 2.11. The van der Waals surface area contributed by atoms with Gasteiger partial charge in [0.1, 0.15) is 5.69 Å². The summed E-state index contributed by atoms with van der Waals surface area (Å²) in [5.41, 5.74) is 5.48. The van der Waals surface area contributed by atoms with Gasteiger partial charge < -0.3 is 10.7 Å². The van der Waals surface area contributed by atoms with Crippen molar-refractivity contribution >= 4 is 11.7 Å². The number of nitrogens with zero attached hydrogens (tertiary/aromatic N) is 4. The number of rotatable bonds is 4. The Hall–Kier alpha value is -2.48. The first kappa shape index (κ1) is 13.9. The number of nitrogen functional groups attached to an aromatic ring is 1. The molecule has 0 unspecified atom stereocenters. The van der Waals surface area contributed by atoms with Crippen molar-refractivity contribution in [2.24, 2.45) is 12.9 Å². The molecule has 4 N–H and O–H groups in total. The number of carbonyl (C=O) groups excluding carboxylic acids is 1. The van der Waals surface area contributed by atoms with Crippen molar-refractivity contribution in [3.8, 4) is 0 Å². The van der Waals surface area contributed by atoms with E-state index in [1.807, 2.05) is 20.9 Å². The highest BCUT2D eigenvalue weighted by Gasteiger charge is 2.13. The second-order valence-corrected chi connectivity index (χ2v) is 4.39. The van der Waals surface area contributed by atoms with E-state index in [1.54, 1.807) is 4.68 Å². The summed E-state index contributed by atoms with van der Waals surface area (Å²) in [6, 6.07) is 0. The van der Waals surface area contributed by atoms with Gasteiger partial charge in [0.25, 0.3) is 5.91 Å². The van der Waals surface area contributed by atoms with Crippen molar-refractivity contribution in [2.75, 3.05) is 5.43 Å². The molecule has 0 saturated heterocycles. The normalized spacial score (nSPS) is 10.4. The summed E-state index contributed by atoms with van der Waals surface area (Å²) in [5.74, 6) is 5.26. The Morgan fingerprint density at radius 1 is 1.40 bits per heavy atom. The molecule has 0 aliphatic carbocycles. The van der Waals surface area contributed by atoms with Crippen LogP contribution in [0.15, 0.2) is 12.4 Å². The molecule has 0 aliphatic heterocycles. The molecular weight excluding hydrogens is 258 g/mol. The second kappa shape index (κ2) is 5.66. The van der Waals surface area contributed by atoms with Crippen LogP contribution in [0.1, 0.15) is 27.4 Å². The fourth-order valence-electron chi connectivity index (χ4n) is 1.88. The third-order valence-corrected chi connectivity index (χ3v) is 3.10. The van der Waals surface area contributed by atoms with Gasteiger partial charge in [-0.05, 0) is 13.8 Å². The number of nitrogens with two attached hydrogens (primary N) is 1. The van der Waals surface area contributed by atoms with Crippen molar-refractivity contribution in [1.82, 2.24) is 25.1 Å². The third-order valence-electron chi connectivity index (χ3n) is 3.10. The molecule has 8 heteroatoms.